The summed E-state index contributed by atoms with van der Waals surface area (Å²) in [5.41, 5.74) is 1.25. The molecule has 0 aliphatic carbocycles. The van der Waals surface area contributed by atoms with Crippen LogP contribution in [-0.4, -0.2) is 0 Å². The lowest BCUT2D eigenvalue weighted by Crippen LogP contribution is -1.77. The molecule has 0 bridgehead atoms. The van der Waals surface area contributed by atoms with Crippen molar-refractivity contribution in [2.24, 2.45) is 5.92 Å². The van der Waals surface area contributed by atoms with Crippen molar-refractivity contribution in [2.45, 2.75) is 61.3 Å². The SMILES string of the molecule is C=C(C)CC.CC.CCC(C)C. The van der Waals surface area contributed by atoms with Crippen LogP contribution < -0.4 is 0 Å². The summed E-state index contributed by atoms with van der Waals surface area (Å²) < 4.78 is 0. The molecule has 0 aromatic rings. The quantitative estimate of drug-likeness (QED) is 0.511. The van der Waals surface area contributed by atoms with Crippen LogP contribution in [0.15, 0.2) is 12.2 Å². The predicted molar refractivity (Wildman–Crippen MR) is 61.6 cm³/mol. The fourth-order valence-electron chi connectivity index (χ4n) is 0. The zero-order chi connectivity index (χ0) is 10.6. The molecule has 0 N–H and O–H groups in total. The van der Waals surface area contributed by atoms with E-state index in [4.69, 9.17) is 0 Å². The van der Waals surface area contributed by atoms with E-state index in [0.717, 1.165) is 12.3 Å². The van der Waals surface area contributed by atoms with Crippen molar-refractivity contribution < 1.29 is 0 Å². The Balaban J connectivity index is -0.000000112. The Morgan fingerprint density at radius 1 is 1.17 bits per heavy atom. The molecule has 0 nitrogen and oxygen atoms in total. The van der Waals surface area contributed by atoms with Crippen LogP contribution in [-0.2, 0) is 0 Å². The van der Waals surface area contributed by atoms with Crippen molar-refractivity contribution in [3.05, 3.63) is 12.2 Å². The van der Waals surface area contributed by atoms with Gasteiger partial charge in [0.25, 0.3) is 0 Å². The maximum absolute atomic E-state index is 3.67. The molecular weight excluding hydrogens is 144 g/mol. The Morgan fingerprint density at radius 3 is 1.33 bits per heavy atom. The zero-order valence-electron chi connectivity index (χ0n) is 10.2. The molecule has 0 spiro atoms. The molecule has 0 aromatic carbocycles. The van der Waals surface area contributed by atoms with Crippen LogP contribution in [0, 0.1) is 5.92 Å². The van der Waals surface area contributed by atoms with E-state index in [1.807, 2.05) is 20.8 Å². The van der Waals surface area contributed by atoms with E-state index in [1.54, 1.807) is 0 Å². The highest BCUT2D eigenvalue weighted by atomic mass is 13.9. The normalized spacial score (nSPS) is 7.67. The molecule has 0 amide bonds. The van der Waals surface area contributed by atoms with Crippen LogP contribution in [0.25, 0.3) is 0 Å². The molecule has 0 atom stereocenters. The van der Waals surface area contributed by atoms with Gasteiger partial charge in [-0.2, -0.15) is 0 Å². The molecule has 0 radical (unpaired) electrons. The Bertz CT molecular complexity index is 70.1. The topological polar surface area (TPSA) is 0 Å². The van der Waals surface area contributed by atoms with E-state index in [2.05, 4.69) is 34.3 Å². The van der Waals surface area contributed by atoms with Crippen LogP contribution >= 0.6 is 0 Å². The lowest BCUT2D eigenvalue weighted by Gasteiger charge is -1.90. The highest BCUT2D eigenvalue weighted by Gasteiger charge is 1.80. The van der Waals surface area contributed by atoms with Gasteiger partial charge in [0.1, 0.15) is 0 Å². The Kier molecular flexibility index (Phi) is 25.1. The first-order valence-corrected chi connectivity index (χ1v) is 5.18. The van der Waals surface area contributed by atoms with Crippen LogP contribution in [0.5, 0.6) is 0 Å². The predicted octanol–water partition coefficient (Wildman–Crippen LogP) is 5.05. The summed E-state index contributed by atoms with van der Waals surface area (Å²) in [6, 6.07) is 0. The van der Waals surface area contributed by atoms with Crippen molar-refractivity contribution in [1.29, 1.82) is 0 Å². The fourth-order valence-corrected chi connectivity index (χ4v) is 0. The molecule has 0 aliphatic rings. The van der Waals surface area contributed by atoms with E-state index < -0.39 is 0 Å². The molecule has 0 heterocycles. The van der Waals surface area contributed by atoms with Crippen molar-refractivity contribution in [1.82, 2.24) is 0 Å². The first-order valence-electron chi connectivity index (χ1n) is 5.18. The zero-order valence-corrected chi connectivity index (χ0v) is 10.2. The Labute approximate surface area is 80.1 Å². The monoisotopic (exact) mass is 172 g/mol. The van der Waals surface area contributed by atoms with Gasteiger partial charge in [-0.05, 0) is 19.3 Å². The molecule has 0 unspecified atom stereocenters. The molecule has 0 fully saturated rings. The Hall–Kier alpha value is -0.260. The van der Waals surface area contributed by atoms with Gasteiger partial charge in [0, 0.05) is 0 Å². The number of rotatable bonds is 2. The molecule has 0 saturated heterocycles. The first kappa shape index (κ1) is 17.7. The van der Waals surface area contributed by atoms with Crippen LogP contribution in [0.1, 0.15) is 61.3 Å². The lowest BCUT2D eigenvalue weighted by atomic mass is 10.2. The summed E-state index contributed by atoms with van der Waals surface area (Å²) >= 11 is 0. The summed E-state index contributed by atoms with van der Waals surface area (Å²) in [5.74, 6) is 0.884. The Morgan fingerprint density at radius 2 is 1.33 bits per heavy atom. The average Bonchev–Trinajstić information content (AvgIpc) is 2.09. The molecule has 0 aliphatic heterocycles. The smallest absolute Gasteiger partial charge is 0.0354 e. The van der Waals surface area contributed by atoms with Gasteiger partial charge in [0.2, 0.25) is 0 Å². The van der Waals surface area contributed by atoms with E-state index in [9.17, 15) is 0 Å². The number of hydrogen-bond donors (Lipinski definition) is 0. The van der Waals surface area contributed by atoms with Gasteiger partial charge < -0.3 is 0 Å². The van der Waals surface area contributed by atoms with E-state index in [-0.39, 0.29) is 0 Å². The second-order valence-electron chi connectivity index (χ2n) is 3.11. The van der Waals surface area contributed by atoms with Gasteiger partial charge in [-0.25, -0.2) is 0 Å². The van der Waals surface area contributed by atoms with E-state index in [0.29, 0.717) is 0 Å². The minimum atomic E-state index is 0.884. The van der Waals surface area contributed by atoms with Gasteiger partial charge in [-0.15, -0.1) is 6.58 Å². The van der Waals surface area contributed by atoms with Crippen molar-refractivity contribution in [3.63, 3.8) is 0 Å². The molecule has 0 aromatic heterocycles. The summed E-state index contributed by atoms with van der Waals surface area (Å²) in [4.78, 5) is 0. The van der Waals surface area contributed by atoms with Gasteiger partial charge in [-0.1, -0.05) is 53.5 Å². The fraction of sp³-hybridized carbons (Fsp3) is 0.833. The van der Waals surface area contributed by atoms with Crippen LogP contribution in [0.2, 0.25) is 0 Å². The number of hydrogen-bond acceptors (Lipinski definition) is 0. The van der Waals surface area contributed by atoms with Crippen LogP contribution in [0.3, 0.4) is 0 Å². The second-order valence-corrected chi connectivity index (χ2v) is 3.11. The maximum Gasteiger partial charge on any atom is -0.0354 e. The maximum atomic E-state index is 3.67. The third-order valence-corrected chi connectivity index (χ3v) is 1.42. The highest BCUT2D eigenvalue weighted by Crippen LogP contribution is 1.93. The molecule has 12 heavy (non-hydrogen) atoms. The van der Waals surface area contributed by atoms with Crippen molar-refractivity contribution >= 4 is 0 Å². The molecule has 76 valence electrons. The number of allylic oxidation sites excluding steroid dienone is 1. The third kappa shape index (κ3) is 53.2. The largest absolute Gasteiger partial charge is 0.100 e. The molecule has 0 saturated carbocycles. The van der Waals surface area contributed by atoms with Crippen molar-refractivity contribution in [2.75, 3.05) is 0 Å². The summed E-state index contributed by atoms with van der Waals surface area (Å²) in [6.07, 6.45) is 2.42. The second kappa shape index (κ2) is 17.0. The summed E-state index contributed by atoms with van der Waals surface area (Å²) in [5, 5.41) is 0. The lowest BCUT2D eigenvalue weighted by molar-refractivity contribution is 0.626. The van der Waals surface area contributed by atoms with E-state index in [1.165, 1.54) is 12.0 Å². The standard InChI is InChI=1S/C5H12.C5H10.C2H6/c2*1-4-5(2)3;1-2/h5H,4H2,1-3H3;2,4H2,1,3H3;1-2H3. The summed E-state index contributed by atoms with van der Waals surface area (Å²) in [7, 11) is 0. The minimum absolute atomic E-state index is 0.884. The molecular formula is C12H28. The molecule has 0 rings (SSSR count). The third-order valence-electron chi connectivity index (χ3n) is 1.42. The first-order chi connectivity index (χ1) is 5.54. The van der Waals surface area contributed by atoms with Gasteiger partial charge in [-0.3, -0.25) is 0 Å². The van der Waals surface area contributed by atoms with Crippen LogP contribution in [0.4, 0.5) is 0 Å². The van der Waals surface area contributed by atoms with Crippen molar-refractivity contribution in [3.8, 4) is 0 Å². The molecule has 0 heteroatoms. The van der Waals surface area contributed by atoms with E-state index >= 15 is 0 Å². The van der Waals surface area contributed by atoms with Gasteiger partial charge >= 0.3 is 0 Å². The summed E-state index contributed by atoms with van der Waals surface area (Å²) in [6.45, 7) is 18.4. The minimum Gasteiger partial charge on any atom is -0.100 e. The van der Waals surface area contributed by atoms with Gasteiger partial charge in [0.05, 0.1) is 0 Å². The average molecular weight is 172 g/mol. The highest BCUT2D eigenvalue weighted by molar-refractivity contribution is 4.84. The van der Waals surface area contributed by atoms with Gasteiger partial charge in [0.15, 0.2) is 0 Å².